The molecule has 1 aliphatic carbocycles. The van der Waals surface area contributed by atoms with Crippen molar-refractivity contribution in [3.8, 4) is 0 Å². The van der Waals surface area contributed by atoms with E-state index in [-0.39, 0.29) is 17.6 Å². The van der Waals surface area contributed by atoms with Crippen LogP contribution in [0.3, 0.4) is 0 Å². The molecule has 0 aromatic rings. The number of aliphatic hydroxyl groups excluding tert-OH is 1. The van der Waals surface area contributed by atoms with Crippen molar-refractivity contribution in [2.24, 2.45) is 5.92 Å². The van der Waals surface area contributed by atoms with Gasteiger partial charge in [0.1, 0.15) is 5.76 Å². The van der Waals surface area contributed by atoms with Crippen molar-refractivity contribution in [3.05, 3.63) is 36.1 Å². The minimum absolute atomic E-state index is 0.117. The number of ether oxygens (including phenoxy) is 1. The average Bonchev–Trinajstić information content (AvgIpc) is 2.34. The third-order valence-electron chi connectivity index (χ3n) is 3.07. The third kappa shape index (κ3) is 5.21. The smallest absolute Gasteiger partial charge is 0.306 e. The molecule has 3 nitrogen and oxygen atoms in total. The predicted molar refractivity (Wildman–Crippen MR) is 72.2 cm³/mol. The molecule has 1 atom stereocenters. The molecule has 1 aliphatic rings. The highest BCUT2D eigenvalue weighted by Gasteiger charge is 2.16. The van der Waals surface area contributed by atoms with E-state index in [0.29, 0.717) is 13.0 Å². The van der Waals surface area contributed by atoms with Crippen LogP contribution in [-0.2, 0) is 9.53 Å². The van der Waals surface area contributed by atoms with Gasteiger partial charge in [-0.25, -0.2) is 0 Å². The van der Waals surface area contributed by atoms with Crippen molar-refractivity contribution >= 4 is 5.97 Å². The number of carbonyl (C=O) groups excluding carboxylic acids is 1. The molecule has 0 heterocycles. The van der Waals surface area contributed by atoms with Crippen LogP contribution in [0.15, 0.2) is 36.1 Å². The molecule has 0 saturated heterocycles. The first-order chi connectivity index (χ1) is 8.63. The lowest BCUT2D eigenvalue weighted by atomic mass is 9.90. The molecule has 100 valence electrons. The molecule has 1 rings (SSSR count). The van der Waals surface area contributed by atoms with Crippen LogP contribution in [0.4, 0.5) is 0 Å². The lowest BCUT2D eigenvalue weighted by Gasteiger charge is -2.17. The van der Waals surface area contributed by atoms with Crippen molar-refractivity contribution in [1.29, 1.82) is 0 Å². The monoisotopic (exact) mass is 250 g/mol. The average molecular weight is 250 g/mol. The standard InChI is InChI=1S/C15H22O3/c1-3-18-15(17)11-13-7-5-4-6-8-14(16)10-9-12(13)2/h8-10,13,16H,2-7,11H2,1H3/b10-9-,14-8+. The van der Waals surface area contributed by atoms with E-state index in [1.54, 1.807) is 12.2 Å². The van der Waals surface area contributed by atoms with Gasteiger partial charge >= 0.3 is 5.97 Å². The normalized spacial score (nSPS) is 25.9. The summed E-state index contributed by atoms with van der Waals surface area (Å²) in [5.74, 6) is 0.216. The number of hydrogen-bond donors (Lipinski definition) is 1. The summed E-state index contributed by atoms with van der Waals surface area (Å²) in [6.07, 6.45) is 9.49. The van der Waals surface area contributed by atoms with E-state index in [1.165, 1.54) is 0 Å². The van der Waals surface area contributed by atoms with Gasteiger partial charge in [0.2, 0.25) is 0 Å². The number of aliphatic hydroxyl groups is 1. The quantitative estimate of drug-likeness (QED) is 0.777. The Morgan fingerprint density at radius 2 is 2.28 bits per heavy atom. The lowest BCUT2D eigenvalue weighted by Crippen LogP contribution is -2.13. The Hall–Kier alpha value is -1.51. The van der Waals surface area contributed by atoms with Crippen molar-refractivity contribution < 1.29 is 14.6 Å². The molecule has 0 radical (unpaired) electrons. The summed E-state index contributed by atoms with van der Waals surface area (Å²) in [6.45, 7) is 6.21. The van der Waals surface area contributed by atoms with Crippen LogP contribution in [-0.4, -0.2) is 17.7 Å². The van der Waals surface area contributed by atoms with Crippen LogP contribution >= 0.6 is 0 Å². The van der Waals surface area contributed by atoms with Gasteiger partial charge in [-0.05, 0) is 44.3 Å². The molecule has 0 aromatic carbocycles. The molecule has 18 heavy (non-hydrogen) atoms. The highest BCUT2D eigenvalue weighted by molar-refractivity contribution is 5.70. The van der Waals surface area contributed by atoms with Crippen LogP contribution < -0.4 is 0 Å². The van der Waals surface area contributed by atoms with Gasteiger partial charge in [0.15, 0.2) is 0 Å². The van der Waals surface area contributed by atoms with Gasteiger partial charge in [-0.15, -0.1) is 0 Å². The van der Waals surface area contributed by atoms with Gasteiger partial charge in [-0.2, -0.15) is 0 Å². The number of carbonyl (C=O) groups is 1. The van der Waals surface area contributed by atoms with E-state index in [2.05, 4.69) is 6.58 Å². The van der Waals surface area contributed by atoms with Gasteiger partial charge in [-0.3, -0.25) is 4.79 Å². The van der Waals surface area contributed by atoms with Gasteiger partial charge in [0.05, 0.1) is 13.0 Å². The fourth-order valence-electron chi connectivity index (χ4n) is 2.02. The number of hydrogen-bond acceptors (Lipinski definition) is 3. The fraction of sp³-hybridized carbons (Fsp3) is 0.533. The van der Waals surface area contributed by atoms with Crippen molar-refractivity contribution in [2.75, 3.05) is 6.61 Å². The highest BCUT2D eigenvalue weighted by atomic mass is 16.5. The Morgan fingerprint density at radius 3 is 3.00 bits per heavy atom. The van der Waals surface area contributed by atoms with Crippen molar-refractivity contribution in [3.63, 3.8) is 0 Å². The largest absolute Gasteiger partial charge is 0.508 e. The van der Waals surface area contributed by atoms with Crippen LogP contribution in [0.5, 0.6) is 0 Å². The van der Waals surface area contributed by atoms with E-state index in [4.69, 9.17) is 4.74 Å². The summed E-state index contributed by atoms with van der Waals surface area (Å²) in [5.41, 5.74) is 0.880. The summed E-state index contributed by atoms with van der Waals surface area (Å²) in [4.78, 5) is 11.5. The minimum Gasteiger partial charge on any atom is -0.508 e. The highest BCUT2D eigenvalue weighted by Crippen LogP contribution is 2.24. The molecular weight excluding hydrogens is 228 g/mol. The maximum absolute atomic E-state index is 11.5. The molecule has 1 unspecified atom stereocenters. The lowest BCUT2D eigenvalue weighted by molar-refractivity contribution is -0.143. The first kappa shape index (κ1) is 14.6. The fourth-order valence-corrected chi connectivity index (χ4v) is 2.02. The Morgan fingerprint density at radius 1 is 1.50 bits per heavy atom. The Bertz CT molecular complexity index is 353. The second-order valence-corrected chi connectivity index (χ2v) is 4.53. The molecule has 1 N–H and O–H groups in total. The second kappa shape index (κ2) is 7.75. The van der Waals surface area contributed by atoms with Gasteiger partial charge in [-0.1, -0.05) is 24.6 Å². The number of rotatable bonds is 3. The van der Waals surface area contributed by atoms with Crippen LogP contribution in [0, 0.1) is 5.92 Å². The Labute approximate surface area is 109 Å². The molecule has 0 amide bonds. The molecule has 0 aliphatic heterocycles. The van der Waals surface area contributed by atoms with Crippen LogP contribution in [0.25, 0.3) is 0 Å². The molecule has 0 fully saturated rings. The van der Waals surface area contributed by atoms with E-state index in [9.17, 15) is 9.90 Å². The van der Waals surface area contributed by atoms with Crippen molar-refractivity contribution in [1.82, 2.24) is 0 Å². The summed E-state index contributed by atoms with van der Waals surface area (Å²) in [5, 5.41) is 9.54. The Balaban J connectivity index is 2.66. The topological polar surface area (TPSA) is 46.5 Å². The number of allylic oxidation sites excluding steroid dienone is 4. The number of esters is 1. The SMILES string of the molecule is C=C1/C=C\C(O)=C/CCCCC1CC(=O)OCC. The Kier molecular flexibility index (Phi) is 6.26. The van der Waals surface area contributed by atoms with Gasteiger partial charge in [0, 0.05) is 0 Å². The van der Waals surface area contributed by atoms with Crippen molar-refractivity contribution in [2.45, 2.75) is 39.0 Å². The maximum Gasteiger partial charge on any atom is 0.306 e. The van der Waals surface area contributed by atoms with E-state index >= 15 is 0 Å². The molecule has 3 heteroatoms. The summed E-state index contributed by atoms with van der Waals surface area (Å²) in [6, 6.07) is 0. The molecule has 0 saturated carbocycles. The zero-order valence-electron chi connectivity index (χ0n) is 11.0. The molecular formula is C15H22O3. The van der Waals surface area contributed by atoms with Crippen LogP contribution in [0.1, 0.15) is 39.0 Å². The first-order valence-electron chi connectivity index (χ1n) is 6.55. The third-order valence-corrected chi connectivity index (χ3v) is 3.07. The summed E-state index contributed by atoms with van der Waals surface area (Å²) < 4.78 is 4.98. The first-order valence-corrected chi connectivity index (χ1v) is 6.55. The predicted octanol–water partition coefficient (Wildman–Crippen LogP) is 3.68. The summed E-state index contributed by atoms with van der Waals surface area (Å²) >= 11 is 0. The minimum atomic E-state index is -0.172. The molecule has 0 bridgehead atoms. The van der Waals surface area contributed by atoms with E-state index in [0.717, 1.165) is 31.3 Å². The van der Waals surface area contributed by atoms with E-state index in [1.807, 2.05) is 13.0 Å². The van der Waals surface area contributed by atoms with Crippen LogP contribution in [0.2, 0.25) is 0 Å². The van der Waals surface area contributed by atoms with Gasteiger partial charge in [0.25, 0.3) is 0 Å². The second-order valence-electron chi connectivity index (χ2n) is 4.53. The summed E-state index contributed by atoms with van der Waals surface area (Å²) in [7, 11) is 0. The molecule has 0 spiro atoms. The zero-order chi connectivity index (χ0) is 13.4. The molecule has 0 aromatic heterocycles. The van der Waals surface area contributed by atoms with E-state index < -0.39 is 0 Å². The zero-order valence-corrected chi connectivity index (χ0v) is 11.0. The van der Waals surface area contributed by atoms with Gasteiger partial charge < -0.3 is 9.84 Å². The maximum atomic E-state index is 11.5.